The summed E-state index contributed by atoms with van der Waals surface area (Å²) >= 11 is 5.66. The molecule has 0 spiro atoms. The molecule has 0 N–H and O–H groups in total. The maximum Gasteiger partial charge on any atom is 0.168 e. The Morgan fingerprint density at radius 3 is 2.24 bits per heavy atom. The van der Waals surface area contributed by atoms with E-state index in [9.17, 15) is 13.6 Å². The fraction of sp³-hybridized carbons (Fsp3) is 0.188. The van der Waals surface area contributed by atoms with Crippen molar-refractivity contribution in [2.75, 3.05) is 7.11 Å². The van der Waals surface area contributed by atoms with Gasteiger partial charge in [-0.25, -0.2) is 8.78 Å². The second-order valence-corrected chi connectivity index (χ2v) is 4.95. The molecule has 0 bridgehead atoms. The molecule has 21 heavy (non-hydrogen) atoms. The Bertz CT molecular complexity index is 671. The van der Waals surface area contributed by atoms with Gasteiger partial charge in [-0.15, -0.1) is 0 Å². The van der Waals surface area contributed by atoms with Gasteiger partial charge in [0.1, 0.15) is 11.6 Å². The molecule has 2 aromatic carbocycles. The minimum atomic E-state index is -0.612. The van der Waals surface area contributed by atoms with Gasteiger partial charge in [-0.05, 0) is 23.3 Å². The van der Waals surface area contributed by atoms with Gasteiger partial charge < -0.3 is 4.74 Å². The van der Waals surface area contributed by atoms with Crippen LogP contribution in [0.3, 0.4) is 0 Å². The third-order valence-electron chi connectivity index (χ3n) is 3.07. The van der Waals surface area contributed by atoms with E-state index in [0.717, 1.165) is 0 Å². The first-order chi connectivity index (χ1) is 10.0. The summed E-state index contributed by atoms with van der Waals surface area (Å²) < 4.78 is 32.5. The first-order valence-electron chi connectivity index (χ1n) is 6.29. The number of methoxy groups -OCH3 is 1. The second-order valence-electron chi connectivity index (χ2n) is 4.54. The second kappa shape index (κ2) is 6.68. The number of ether oxygens (including phenoxy) is 1. The minimum Gasteiger partial charge on any atom is -0.494 e. The van der Waals surface area contributed by atoms with Crippen LogP contribution in [0.5, 0.6) is 5.75 Å². The molecule has 0 aliphatic rings. The van der Waals surface area contributed by atoms with E-state index in [1.165, 1.54) is 31.4 Å². The van der Waals surface area contributed by atoms with Gasteiger partial charge in [0.05, 0.1) is 12.1 Å². The maximum absolute atomic E-state index is 13.9. The van der Waals surface area contributed by atoms with Crippen LogP contribution in [0.2, 0.25) is 5.02 Å². The zero-order chi connectivity index (χ0) is 15.4. The third-order valence-corrected chi connectivity index (χ3v) is 3.36. The number of hydrogen-bond acceptors (Lipinski definition) is 2. The van der Waals surface area contributed by atoms with Crippen molar-refractivity contribution in [2.45, 2.75) is 12.8 Å². The number of halogens is 3. The number of carbonyl (C=O) groups excluding carboxylic acids is 1. The predicted molar refractivity (Wildman–Crippen MR) is 76.8 cm³/mol. The van der Waals surface area contributed by atoms with Crippen molar-refractivity contribution in [3.05, 3.63) is 64.2 Å². The molecule has 0 aromatic heterocycles. The Morgan fingerprint density at radius 2 is 1.62 bits per heavy atom. The van der Waals surface area contributed by atoms with Crippen LogP contribution in [0.4, 0.5) is 8.78 Å². The van der Waals surface area contributed by atoms with Crippen molar-refractivity contribution >= 4 is 17.4 Å². The lowest BCUT2D eigenvalue weighted by molar-refractivity contribution is -0.117. The van der Waals surface area contributed by atoms with Crippen LogP contribution >= 0.6 is 11.6 Å². The highest BCUT2D eigenvalue weighted by atomic mass is 35.5. The topological polar surface area (TPSA) is 26.3 Å². The normalized spacial score (nSPS) is 10.5. The van der Waals surface area contributed by atoms with Crippen LogP contribution in [0, 0.1) is 11.6 Å². The van der Waals surface area contributed by atoms with Crippen LogP contribution in [-0.2, 0) is 17.6 Å². The molecule has 5 heteroatoms. The fourth-order valence-corrected chi connectivity index (χ4v) is 2.22. The summed E-state index contributed by atoms with van der Waals surface area (Å²) in [6.07, 6.45) is -0.266. The number of ketones is 1. The van der Waals surface area contributed by atoms with Gasteiger partial charge in [-0.1, -0.05) is 35.9 Å². The van der Waals surface area contributed by atoms with E-state index < -0.39 is 11.6 Å². The molecule has 0 radical (unpaired) electrons. The molecule has 0 saturated carbocycles. The molecule has 0 heterocycles. The standard InChI is InChI=1S/C16H13ClF2O2/c1-21-14-7-3-5-11(16(14)19)9-12(20)8-10-4-2-6-13(17)15(10)18/h2-7H,8-9H2,1H3. The largest absolute Gasteiger partial charge is 0.494 e. The molecular weight excluding hydrogens is 298 g/mol. The first kappa shape index (κ1) is 15.4. The number of carbonyl (C=O) groups is 1. The molecule has 110 valence electrons. The molecule has 2 nitrogen and oxygen atoms in total. The van der Waals surface area contributed by atoms with Gasteiger partial charge in [0.25, 0.3) is 0 Å². The molecule has 0 aliphatic carbocycles. The van der Waals surface area contributed by atoms with E-state index in [1.807, 2.05) is 0 Å². The van der Waals surface area contributed by atoms with Crippen molar-refractivity contribution in [1.29, 1.82) is 0 Å². The van der Waals surface area contributed by atoms with Gasteiger partial charge in [-0.3, -0.25) is 4.79 Å². The van der Waals surface area contributed by atoms with Crippen molar-refractivity contribution in [3.63, 3.8) is 0 Å². The van der Waals surface area contributed by atoms with Crippen LogP contribution < -0.4 is 4.74 Å². The summed E-state index contributed by atoms with van der Waals surface area (Å²) in [5, 5.41) is -0.0344. The van der Waals surface area contributed by atoms with E-state index >= 15 is 0 Å². The van der Waals surface area contributed by atoms with Gasteiger partial charge in [0.2, 0.25) is 0 Å². The highest BCUT2D eigenvalue weighted by molar-refractivity contribution is 6.30. The quantitative estimate of drug-likeness (QED) is 0.835. The lowest BCUT2D eigenvalue weighted by Gasteiger charge is -2.07. The SMILES string of the molecule is COc1cccc(CC(=O)Cc2cccc(Cl)c2F)c1F. The van der Waals surface area contributed by atoms with Gasteiger partial charge in [-0.2, -0.15) is 0 Å². The van der Waals surface area contributed by atoms with Crippen molar-refractivity contribution in [2.24, 2.45) is 0 Å². The molecule has 2 aromatic rings. The number of hydrogen-bond donors (Lipinski definition) is 0. The Kier molecular flexibility index (Phi) is 4.91. The molecule has 0 atom stereocenters. The van der Waals surface area contributed by atoms with Crippen LogP contribution in [0.25, 0.3) is 0 Å². The lowest BCUT2D eigenvalue weighted by atomic mass is 10.0. The van der Waals surface area contributed by atoms with E-state index in [2.05, 4.69) is 0 Å². The van der Waals surface area contributed by atoms with Gasteiger partial charge >= 0.3 is 0 Å². The summed E-state index contributed by atoms with van der Waals surface area (Å²) in [6, 6.07) is 9.04. The highest BCUT2D eigenvalue weighted by Crippen LogP contribution is 2.22. The lowest BCUT2D eigenvalue weighted by Crippen LogP contribution is -2.09. The number of benzene rings is 2. The Balaban J connectivity index is 2.14. The van der Waals surface area contributed by atoms with Crippen LogP contribution in [0.15, 0.2) is 36.4 Å². The highest BCUT2D eigenvalue weighted by Gasteiger charge is 2.15. The monoisotopic (exact) mass is 310 g/mol. The van der Waals surface area contributed by atoms with Crippen molar-refractivity contribution in [1.82, 2.24) is 0 Å². The molecule has 0 amide bonds. The number of Topliss-reactive ketones (excluding diaryl/α,β-unsaturated/α-hetero) is 1. The predicted octanol–water partition coefficient (Wildman–Crippen LogP) is 3.98. The van der Waals surface area contributed by atoms with Crippen LogP contribution in [-0.4, -0.2) is 12.9 Å². The summed E-state index contributed by atoms with van der Waals surface area (Å²) in [5.74, 6) is -1.41. The first-order valence-corrected chi connectivity index (χ1v) is 6.66. The average Bonchev–Trinajstić information content (AvgIpc) is 2.46. The molecule has 0 saturated heterocycles. The number of rotatable bonds is 5. The maximum atomic E-state index is 13.9. The zero-order valence-electron chi connectivity index (χ0n) is 11.3. The summed E-state index contributed by atoms with van der Waals surface area (Å²) in [6.45, 7) is 0. The molecular formula is C16H13ClF2O2. The summed E-state index contributed by atoms with van der Waals surface area (Å²) in [7, 11) is 1.35. The molecule has 0 unspecified atom stereocenters. The summed E-state index contributed by atoms with van der Waals surface area (Å²) in [5.41, 5.74) is 0.428. The van der Waals surface area contributed by atoms with E-state index in [4.69, 9.17) is 16.3 Å². The molecule has 0 aliphatic heterocycles. The average molecular weight is 311 g/mol. The van der Waals surface area contributed by atoms with Crippen molar-refractivity contribution in [3.8, 4) is 5.75 Å². The van der Waals surface area contributed by atoms with E-state index in [-0.39, 0.29) is 40.5 Å². The Hall–Kier alpha value is -1.94. The minimum absolute atomic E-state index is 0.0344. The van der Waals surface area contributed by atoms with E-state index in [1.54, 1.807) is 12.1 Å². The molecule has 0 fully saturated rings. The fourth-order valence-electron chi connectivity index (χ4n) is 2.02. The zero-order valence-corrected chi connectivity index (χ0v) is 12.1. The smallest absolute Gasteiger partial charge is 0.168 e. The Morgan fingerprint density at radius 1 is 1.05 bits per heavy atom. The van der Waals surface area contributed by atoms with Crippen LogP contribution in [0.1, 0.15) is 11.1 Å². The Labute approximate surface area is 126 Å². The molecule has 2 rings (SSSR count). The summed E-state index contributed by atoms with van der Waals surface area (Å²) in [4.78, 5) is 12.0. The van der Waals surface area contributed by atoms with E-state index in [0.29, 0.717) is 0 Å². The van der Waals surface area contributed by atoms with Gasteiger partial charge in [0.15, 0.2) is 11.6 Å². The van der Waals surface area contributed by atoms with Gasteiger partial charge in [0, 0.05) is 12.8 Å². The van der Waals surface area contributed by atoms with Crippen molar-refractivity contribution < 1.29 is 18.3 Å². The third kappa shape index (κ3) is 3.58.